The molecule has 4 nitrogen and oxygen atoms in total. The van der Waals surface area contributed by atoms with Crippen LogP contribution in [-0.4, -0.2) is 35.2 Å². The van der Waals surface area contributed by atoms with E-state index in [1.807, 2.05) is 6.92 Å². The summed E-state index contributed by atoms with van der Waals surface area (Å²) < 4.78 is 13.0. The zero-order valence-corrected chi connectivity index (χ0v) is 10.3. The second-order valence-corrected chi connectivity index (χ2v) is 4.72. The quantitative estimate of drug-likeness (QED) is 0.803. The summed E-state index contributed by atoms with van der Waals surface area (Å²) in [5.41, 5.74) is 0.443. The highest BCUT2D eigenvalue weighted by atomic mass is 19.1. The summed E-state index contributed by atoms with van der Waals surface area (Å²) in [5.74, 6) is -0.313. The van der Waals surface area contributed by atoms with E-state index in [0.29, 0.717) is 25.2 Å². The van der Waals surface area contributed by atoms with Crippen molar-refractivity contribution in [2.24, 2.45) is 5.92 Å². The Balaban J connectivity index is 1.96. The standard InChI is InChI=1S/C13H17FN2O2/c1-9-8-16(6-5-12(9)17)13(18)15-11-4-2-3-10(14)7-11/h2-4,7,9,12,17H,5-6,8H2,1H3,(H,15,18). The first kappa shape index (κ1) is 12.8. The lowest BCUT2D eigenvalue weighted by Crippen LogP contribution is -2.46. The fourth-order valence-electron chi connectivity index (χ4n) is 2.09. The molecule has 0 saturated carbocycles. The molecule has 18 heavy (non-hydrogen) atoms. The summed E-state index contributed by atoms with van der Waals surface area (Å²) in [5, 5.41) is 12.2. The Labute approximate surface area is 105 Å². The number of aliphatic hydroxyl groups is 1. The van der Waals surface area contributed by atoms with E-state index in [1.54, 1.807) is 17.0 Å². The predicted octanol–water partition coefficient (Wildman–Crippen LogP) is 2.06. The first-order chi connectivity index (χ1) is 8.56. The average molecular weight is 252 g/mol. The normalized spacial score (nSPS) is 23.8. The number of piperidine rings is 1. The minimum absolute atomic E-state index is 0.0667. The Morgan fingerprint density at radius 2 is 2.33 bits per heavy atom. The molecule has 1 heterocycles. The number of carbonyl (C=O) groups excluding carboxylic acids is 1. The molecule has 1 aliphatic rings. The van der Waals surface area contributed by atoms with Crippen molar-refractivity contribution >= 4 is 11.7 Å². The minimum atomic E-state index is -0.379. The molecule has 98 valence electrons. The van der Waals surface area contributed by atoms with Gasteiger partial charge >= 0.3 is 6.03 Å². The van der Waals surface area contributed by atoms with Crippen LogP contribution in [-0.2, 0) is 0 Å². The fourth-order valence-corrected chi connectivity index (χ4v) is 2.09. The summed E-state index contributed by atoms with van der Waals surface area (Å²) in [6.45, 7) is 2.95. The van der Waals surface area contributed by atoms with Crippen molar-refractivity contribution in [3.8, 4) is 0 Å². The predicted molar refractivity (Wildman–Crippen MR) is 66.8 cm³/mol. The van der Waals surface area contributed by atoms with Gasteiger partial charge in [0.2, 0.25) is 0 Å². The zero-order chi connectivity index (χ0) is 13.1. The number of hydrogen-bond acceptors (Lipinski definition) is 2. The molecule has 0 aliphatic carbocycles. The van der Waals surface area contributed by atoms with Crippen LogP contribution in [0.25, 0.3) is 0 Å². The molecule has 2 unspecified atom stereocenters. The molecular weight excluding hydrogens is 235 g/mol. The zero-order valence-electron chi connectivity index (χ0n) is 10.3. The van der Waals surface area contributed by atoms with Crippen molar-refractivity contribution in [3.63, 3.8) is 0 Å². The lowest BCUT2D eigenvalue weighted by molar-refractivity contribution is 0.0506. The lowest BCUT2D eigenvalue weighted by Gasteiger charge is -2.34. The van der Waals surface area contributed by atoms with E-state index in [0.717, 1.165) is 0 Å². The molecule has 0 radical (unpaired) electrons. The van der Waals surface area contributed by atoms with Gasteiger partial charge in [-0.3, -0.25) is 0 Å². The van der Waals surface area contributed by atoms with E-state index < -0.39 is 0 Å². The van der Waals surface area contributed by atoms with Gasteiger partial charge in [-0.25, -0.2) is 9.18 Å². The number of likely N-dealkylation sites (tertiary alicyclic amines) is 1. The first-order valence-corrected chi connectivity index (χ1v) is 6.06. The number of benzene rings is 1. The van der Waals surface area contributed by atoms with Crippen LogP contribution in [0.5, 0.6) is 0 Å². The smallest absolute Gasteiger partial charge is 0.321 e. The van der Waals surface area contributed by atoms with Crippen molar-refractivity contribution < 1.29 is 14.3 Å². The Morgan fingerprint density at radius 1 is 1.56 bits per heavy atom. The molecule has 0 bridgehead atoms. The van der Waals surface area contributed by atoms with Crippen LogP contribution < -0.4 is 5.32 Å². The van der Waals surface area contributed by atoms with E-state index in [1.165, 1.54) is 12.1 Å². The second-order valence-electron chi connectivity index (χ2n) is 4.72. The van der Waals surface area contributed by atoms with Crippen LogP contribution in [0.3, 0.4) is 0 Å². The van der Waals surface area contributed by atoms with Gasteiger partial charge in [0, 0.05) is 18.8 Å². The molecule has 1 aromatic carbocycles. The molecule has 5 heteroatoms. The third-order valence-corrected chi connectivity index (χ3v) is 3.22. The first-order valence-electron chi connectivity index (χ1n) is 6.06. The minimum Gasteiger partial charge on any atom is -0.393 e. The number of aliphatic hydroxyl groups excluding tert-OH is 1. The third-order valence-electron chi connectivity index (χ3n) is 3.22. The molecule has 1 aromatic rings. The van der Waals surface area contributed by atoms with Crippen molar-refractivity contribution in [2.75, 3.05) is 18.4 Å². The molecule has 0 aromatic heterocycles. The van der Waals surface area contributed by atoms with Gasteiger partial charge in [-0.1, -0.05) is 13.0 Å². The number of nitrogens with one attached hydrogen (secondary N) is 1. The average Bonchev–Trinajstić information content (AvgIpc) is 2.32. The number of hydrogen-bond donors (Lipinski definition) is 2. The summed E-state index contributed by atoms with van der Waals surface area (Å²) in [6, 6.07) is 5.55. The van der Waals surface area contributed by atoms with Gasteiger partial charge in [-0.05, 0) is 30.5 Å². The number of rotatable bonds is 1. The SMILES string of the molecule is CC1CN(C(=O)Nc2cccc(F)c2)CCC1O. The van der Waals surface area contributed by atoms with Gasteiger partial charge in [-0.15, -0.1) is 0 Å². The second kappa shape index (κ2) is 5.35. The highest BCUT2D eigenvalue weighted by molar-refractivity contribution is 5.89. The van der Waals surface area contributed by atoms with Crippen LogP contribution in [0.15, 0.2) is 24.3 Å². The van der Waals surface area contributed by atoms with Crippen molar-refractivity contribution in [3.05, 3.63) is 30.1 Å². The summed E-state index contributed by atoms with van der Waals surface area (Å²) in [4.78, 5) is 13.6. The van der Waals surface area contributed by atoms with Crippen molar-refractivity contribution in [2.45, 2.75) is 19.4 Å². The molecule has 2 amide bonds. The maximum Gasteiger partial charge on any atom is 0.321 e. The Hall–Kier alpha value is -1.62. The van der Waals surface area contributed by atoms with E-state index in [4.69, 9.17) is 0 Å². The number of nitrogens with zero attached hydrogens (tertiary/aromatic N) is 1. The fraction of sp³-hybridized carbons (Fsp3) is 0.462. The summed E-state index contributed by atoms with van der Waals surface area (Å²) in [7, 11) is 0. The third kappa shape index (κ3) is 2.98. The Morgan fingerprint density at radius 3 is 3.00 bits per heavy atom. The number of halogens is 1. The monoisotopic (exact) mass is 252 g/mol. The largest absolute Gasteiger partial charge is 0.393 e. The lowest BCUT2D eigenvalue weighted by atomic mass is 9.97. The van der Waals surface area contributed by atoms with Gasteiger partial charge in [0.1, 0.15) is 5.82 Å². The van der Waals surface area contributed by atoms with Crippen LogP contribution in [0.2, 0.25) is 0 Å². The molecule has 1 aliphatic heterocycles. The number of anilines is 1. The van der Waals surface area contributed by atoms with Crippen LogP contribution >= 0.6 is 0 Å². The Kier molecular flexibility index (Phi) is 3.81. The van der Waals surface area contributed by atoms with Crippen LogP contribution in [0, 0.1) is 11.7 Å². The van der Waals surface area contributed by atoms with Gasteiger partial charge in [-0.2, -0.15) is 0 Å². The van der Waals surface area contributed by atoms with E-state index in [-0.39, 0.29) is 23.9 Å². The van der Waals surface area contributed by atoms with Gasteiger partial charge in [0.05, 0.1) is 6.10 Å². The van der Waals surface area contributed by atoms with E-state index >= 15 is 0 Å². The molecule has 2 N–H and O–H groups in total. The highest BCUT2D eigenvalue weighted by Crippen LogP contribution is 2.18. The van der Waals surface area contributed by atoms with Gasteiger partial charge < -0.3 is 15.3 Å². The van der Waals surface area contributed by atoms with Crippen molar-refractivity contribution in [1.29, 1.82) is 0 Å². The molecular formula is C13H17FN2O2. The van der Waals surface area contributed by atoms with E-state index in [9.17, 15) is 14.3 Å². The number of urea groups is 1. The van der Waals surface area contributed by atoms with Gasteiger partial charge in [0.15, 0.2) is 0 Å². The topological polar surface area (TPSA) is 52.6 Å². The molecule has 2 rings (SSSR count). The summed E-state index contributed by atoms with van der Waals surface area (Å²) >= 11 is 0. The highest BCUT2D eigenvalue weighted by Gasteiger charge is 2.27. The van der Waals surface area contributed by atoms with Gasteiger partial charge in [0.25, 0.3) is 0 Å². The maximum atomic E-state index is 13.0. The molecule has 1 saturated heterocycles. The molecule has 1 fully saturated rings. The number of amides is 2. The van der Waals surface area contributed by atoms with Crippen LogP contribution in [0.4, 0.5) is 14.9 Å². The maximum absolute atomic E-state index is 13.0. The molecule has 0 spiro atoms. The molecule has 2 atom stereocenters. The van der Waals surface area contributed by atoms with Crippen LogP contribution in [0.1, 0.15) is 13.3 Å². The van der Waals surface area contributed by atoms with E-state index in [2.05, 4.69) is 5.32 Å². The summed E-state index contributed by atoms with van der Waals surface area (Å²) in [6.07, 6.45) is 0.237. The Bertz CT molecular complexity index is 439. The van der Waals surface area contributed by atoms with Crippen molar-refractivity contribution in [1.82, 2.24) is 4.90 Å². The number of carbonyl (C=O) groups is 1.